The van der Waals surface area contributed by atoms with Crippen molar-refractivity contribution >= 4 is 28.2 Å². The van der Waals surface area contributed by atoms with Crippen LogP contribution in [0.2, 0.25) is 0 Å². The molecule has 28 heavy (non-hydrogen) atoms. The molecule has 0 unspecified atom stereocenters. The Morgan fingerprint density at radius 1 is 1.11 bits per heavy atom. The maximum Gasteiger partial charge on any atom is 0.325 e. The average Bonchev–Trinajstić information content (AvgIpc) is 3.10. The summed E-state index contributed by atoms with van der Waals surface area (Å²) in [7, 11) is 0. The second-order valence-corrected chi connectivity index (χ2v) is 7.09. The summed E-state index contributed by atoms with van der Waals surface area (Å²) in [4.78, 5) is 51.8. The predicted octanol–water partition coefficient (Wildman–Crippen LogP) is 1.22. The number of aromatic amines is 2. The highest BCUT2D eigenvalue weighted by molar-refractivity contribution is 7.15. The van der Waals surface area contributed by atoms with Crippen LogP contribution >= 0.6 is 11.3 Å². The third kappa shape index (κ3) is 4.86. The van der Waals surface area contributed by atoms with Crippen LogP contribution in [-0.4, -0.2) is 31.9 Å². The molecule has 3 rings (SSSR count). The Morgan fingerprint density at radius 3 is 2.57 bits per heavy atom. The van der Waals surface area contributed by atoms with Crippen molar-refractivity contribution < 1.29 is 9.59 Å². The molecule has 3 aromatic rings. The minimum Gasteiger partial charge on any atom is -0.311 e. The number of hydrogen-bond acceptors (Lipinski definition) is 7. The zero-order valence-electron chi connectivity index (χ0n) is 14.9. The monoisotopic (exact) mass is 399 g/mol. The summed E-state index contributed by atoms with van der Waals surface area (Å²) in [6.45, 7) is 1.55. The Labute approximate surface area is 162 Å². The van der Waals surface area contributed by atoms with Gasteiger partial charge in [-0.05, 0) is 6.92 Å². The van der Waals surface area contributed by atoms with E-state index in [-0.39, 0.29) is 22.9 Å². The van der Waals surface area contributed by atoms with Crippen molar-refractivity contribution in [2.24, 2.45) is 0 Å². The zero-order valence-corrected chi connectivity index (χ0v) is 15.8. The Bertz CT molecular complexity index is 1120. The highest BCUT2D eigenvalue weighted by atomic mass is 32.1. The van der Waals surface area contributed by atoms with Crippen molar-refractivity contribution in [3.05, 3.63) is 73.0 Å². The molecule has 2 aromatic heterocycles. The van der Waals surface area contributed by atoms with Crippen molar-refractivity contribution in [1.82, 2.24) is 20.2 Å². The van der Waals surface area contributed by atoms with E-state index >= 15 is 0 Å². The number of aromatic nitrogens is 4. The van der Waals surface area contributed by atoms with Gasteiger partial charge in [0.2, 0.25) is 11.0 Å². The van der Waals surface area contributed by atoms with E-state index in [9.17, 15) is 19.2 Å². The van der Waals surface area contributed by atoms with E-state index in [0.29, 0.717) is 29.1 Å². The molecular weight excluding hydrogens is 382 g/mol. The number of hydrogen-bond donors (Lipinski definition) is 3. The Hall–Kier alpha value is -3.40. The van der Waals surface area contributed by atoms with Crippen molar-refractivity contribution in [2.75, 3.05) is 5.32 Å². The molecule has 1 amide bonds. The van der Waals surface area contributed by atoms with E-state index in [1.807, 2.05) is 6.07 Å². The van der Waals surface area contributed by atoms with Gasteiger partial charge < -0.3 is 10.3 Å². The molecule has 9 nitrogen and oxygen atoms in total. The van der Waals surface area contributed by atoms with Gasteiger partial charge in [0.1, 0.15) is 5.01 Å². The van der Waals surface area contributed by atoms with Crippen LogP contribution in [-0.2, 0) is 17.6 Å². The van der Waals surface area contributed by atoms with Crippen LogP contribution in [0.1, 0.15) is 33.0 Å². The van der Waals surface area contributed by atoms with Crippen LogP contribution in [0.3, 0.4) is 0 Å². The van der Waals surface area contributed by atoms with Gasteiger partial charge in [0.15, 0.2) is 5.78 Å². The molecule has 1 aromatic carbocycles. The molecule has 144 valence electrons. The number of rotatable bonds is 7. The summed E-state index contributed by atoms with van der Waals surface area (Å²) in [5.74, 6) is -0.446. The minimum atomic E-state index is -0.620. The molecule has 0 saturated carbocycles. The van der Waals surface area contributed by atoms with E-state index in [1.165, 1.54) is 11.3 Å². The first-order chi connectivity index (χ1) is 13.4. The molecule has 0 atom stereocenters. The van der Waals surface area contributed by atoms with Gasteiger partial charge in [0.05, 0.1) is 6.42 Å². The summed E-state index contributed by atoms with van der Waals surface area (Å²) >= 11 is 1.17. The molecular formula is C18H17N5O4S. The normalized spacial score (nSPS) is 10.6. The van der Waals surface area contributed by atoms with Crippen molar-refractivity contribution in [3.8, 4) is 0 Å². The highest BCUT2D eigenvalue weighted by Crippen LogP contribution is 2.18. The quantitative estimate of drug-likeness (QED) is 0.511. The molecule has 10 heteroatoms. The molecule has 0 saturated heterocycles. The number of carbonyl (C=O) groups excluding carboxylic acids is 2. The molecule has 0 aliphatic rings. The standard InChI is InChI=1S/C18H17N5O4S/c1-10-12(16(26)21-17(27)19-10)9-14(25)20-18-23-22-15(28-18)8-7-13(24)11-5-3-2-4-6-11/h2-6H,7-9H2,1H3,(H,20,23,25)(H2,19,21,26,27). The van der Waals surface area contributed by atoms with E-state index in [4.69, 9.17) is 0 Å². The first-order valence-electron chi connectivity index (χ1n) is 8.45. The van der Waals surface area contributed by atoms with Gasteiger partial charge in [-0.3, -0.25) is 19.4 Å². The van der Waals surface area contributed by atoms with Gasteiger partial charge in [-0.15, -0.1) is 10.2 Å². The first-order valence-corrected chi connectivity index (χ1v) is 9.26. The fraction of sp³-hybridized carbons (Fsp3) is 0.222. The van der Waals surface area contributed by atoms with Gasteiger partial charge in [-0.1, -0.05) is 41.7 Å². The lowest BCUT2D eigenvalue weighted by atomic mass is 10.1. The summed E-state index contributed by atoms with van der Waals surface area (Å²) in [5.41, 5.74) is -0.0714. The Balaban J connectivity index is 1.57. The van der Waals surface area contributed by atoms with Crippen molar-refractivity contribution in [3.63, 3.8) is 0 Å². The van der Waals surface area contributed by atoms with Crippen LogP contribution in [0.4, 0.5) is 5.13 Å². The molecule has 0 aliphatic heterocycles. The minimum absolute atomic E-state index is 0.00848. The third-order valence-corrected chi connectivity index (χ3v) is 4.87. The molecule has 0 radical (unpaired) electrons. The van der Waals surface area contributed by atoms with Gasteiger partial charge in [0.25, 0.3) is 5.56 Å². The molecule has 0 bridgehead atoms. The lowest BCUT2D eigenvalue weighted by Gasteiger charge is -2.03. The number of anilines is 1. The van der Waals surface area contributed by atoms with Gasteiger partial charge in [0, 0.05) is 29.7 Å². The van der Waals surface area contributed by atoms with Gasteiger partial charge in [-0.25, -0.2) is 4.79 Å². The van der Waals surface area contributed by atoms with E-state index in [1.54, 1.807) is 31.2 Å². The number of nitrogens with one attached hydrogen (secondary N) is 3. The molecule has 0 spiro atoms. The second-order valence-electron chi connectivity index (χ2n) is 6.03. The lowest BCUT2D eigenvalue weighted by Crippen LogP contribution is -2.29. The largest absolute Gasteiger partial charge is 0.325 e. The van der Waals surface area contributed by atoms with E-state index < -0.39 is 17.2 Å². The summed E-state index contributed by atoms with van der Waals surface area (Å²) in [6, 6.07) is 8.98. The van der Waals surface area contributed by atoms with Crippen molar-refractivity contribution in [2.45, 2.75) is 26.2 Å². The first kappa shape index (κ1) is 19.4. The number of amides is 1. The smallest absolute Gasteiger partial charge is 0.311 e. The van der Waals surface area contributed by atoms with Gasteiger partial charge in [-0.2, -0.15) is 0 Å². The SMILES string of the molecule is Cc1[nH]c(=O)[nH]c(=O)c1CC(=O)Nc1nnc(CCC(=O)c2ccccc2)s1. The summed E-state index contributed by atoms with van der Waals surface area (Å²) in [6.07, 6.45) is 0.498. The number of benzene rings is 1. The van der Waals surface area contributed by atoms with Crippen LogP contribution in [0, 0.1) is 6.92 Å². The number of ketones is 1. The number of H-pyrrole nitrogens is 2. The second kappa shape index (κ2) is 8.53. The predicted molar refractivity (Wildman–Crippen MR) is 104 cm³/mol. The third-order valence-electron chi connectivity index (χ3n) is 3.97. The average molecular weight is 399 g/mol. The molecule has 0 fully saturated rings. The maximum absolute atomic E-state index is 12.2. The number of nitrogens with zero attached hydrogens (tertiary/aromatic N) is 2. The van der Waals surface area contributed by atoms with Crippen LogP contribution < -0.4 is 16.6 Å². The number of aryl methyl sites for hydroxylation is 2. The van der Waals surface area contributed by atoms with E-state index in [2.05, 4.69) is 25.5 Å². The maximum atomic E-state index is 12.2. The van der Waals surface area contributed by atoms with Crippen molar-refractivity contribution in [1.29, 1.82) is 0 Å². The fourth-order valence-electron chi connectivity index (χ4n) is 2.56. The van der Waals surface area contributed by atoms with Crippen LogP contribution in [0.25, 0.3) is 0 Å². The molecule has 0 aliphatic carbocycles. The fourth-order valence-corrected chi connectivity index (χ4v) is 3.31. The number of Topliss-reactive ketones (excluding diaryl/α,β-unsaturated/α-hetero) is 1. The van der Waals surface area contributed by atoms with Crippen LogP contribution in [0.15, 0.2) is 39.9 Å². The Kier molecular flexibility index (Phi) is 5.90. The summed E-state index contributed by atoms with van der Waals surface area (Å²) < 4.78 is 0. The number of carbonyl (C=O) groups is 2. The lowest BCUT2D eigenvalue weighted by molar-refractivity contribution is -0.115. The topological polar surface area (TPSA) is 138 Å². The van der Waals surface area contributed by atoms with E-state index in [0.717, 1.165) is 0 Å². The summed E-state index contributed by atoms with van der Waals surface area (Å²) in [5, 5.41) is 11.3. The van der Waals surface area contributed by atoms with Crippen LogP contribution in [0.5, 0.6) is 0 Å². The Morgan fingerprint density at radius 2 is 1.86 bits per heavy atom. The molecule has 3 N–H and O–H groups in total. The highest BCUT2D eigenvalue weighted by Gasteiger charge is 2.14. The molecule has 2 heterocycles. The zero-order chi connectivity index (χ0) is 20.1. The van der Waals surface area contributed by atoms with Gasteiger partial charge >= 0.3 is 5.69 Å².